The quantitative estimate of drug-likeness (QED) is 0.854. The van der Waals surface area contributed by atoms with Gasteiger partial charge >= 0.3 is 0 Å². The van der Waals surface area contributed by atoms with Crippen LogP contribution in [0.3, 0.4) is 0 Å². The van der Waals surface area contributed by atoms with Crippen LogP contribution in [0, 0.1) is 11.3 Å². The number of carbonyl (C=O) groups excluding carboxylic acids is 1. The van der Waals surface area contributed by atoms with E-state index in [2.05, 4.69) is 11.4 Å². The highest BCUT2D eigenvalue weighted by Crippen LogP contribution is 2.27. The molecule has 0 aliphatic heterocycles. The Hall–Kier alpha value is -1.82. The van der Waals surface area contributed by atoms with Gasteiger partial charge in [0.25, 0.3) is 0 Å². The number of amides is 1. The molecule has 0 bridgehead atoms. The van der Waals surface area contributed by atoms with E-state index in [1.165, 1.54) is 0 Å². The Bertz CT molecular complexity index is 481. The fraction of sp³-hybridized carbons (Fsp3) is 0.529. The minimum atomic E-state index is -0.656. The molecule has 1 N–H and O–H groups in total. The van der Waals surface area contributed by atoms with Crippen LogP contribution in [0.2, 0.25) is 0 Å². The minimum Gasteiger partial charge on any atom is -0.337 e. The third kappa shape index (κ3) is 3.39. The zero-order valence-corrected chi connectivity index (χ0v) is 12.1. The van der Waals surface area contributed by atoms with Crippen molar-refractivity contribution >= 4 is 5.91 Å². The first kappa shape index (κ1) is 14.6. The van der Waals surface area contributed by atoms with E-state index < -0.39 is 5.54 Å². The number of nitrogens with zero attached hydrogens (tertiary/aromatic N) is 1. The van der Waals surface area contributed by atoms with Crippen LogP contribution in [0.25, 0.3) is 0 Å². The Balaban J connectivity index is 2.07. The third-order valence-electron chi connectivity index (χ3n) is 4.23. The van der Waals surface area contributed by atoms with Crippen LogP contribution >= 0.6 is 0 Å². The largest absolute Gasteiger partial charge is 0.337 e. The van der Waals surface area contributed by atoms with Crippen molar-refractivity contribution in [1.82, 2.24) is 5.32 Å². The molecule has 0 saturated heterocycles. The van der Waals surface area contributed by atoms with Gasteiger partial charge in [-0.15, -0.1) is 0 Å². The molecule has 2 rings (SSSR count). The summed E-state index contributed by atoms with van der Waals surface area (Å²) in [4.78, 5) is 12.4. The molecule has 1 aliphatic rings. The molecule has 1 amide bonds. The maximum Gasteiger partial charge on any atom is 0.228 e. The first-order valence-corrected chi connectivity index (χ1v) is 7.45. The number of hydrogen-bond acceptors (Lipinski definition) is 2. The molecule has 3 nitrogen and oxygen atoms in total. The summed E-state index contributed by atoms with van der Waals surface area (Å²) in [5.74, 6) is -0.260. The van der Waals surface area contributed by atoms with Crippen LogP contribution in [0.4, 0.5) is 0 Å². The summed E-state index contributed by atoms with van der Waals surface area (Å²) < 4.78 is 0. The number of carbonyl (C=O) groups is 1. The average molecular weight is 270 g/mol. The van der Waals surface area contributed by atoms with E-state index in [4.69, 9.17) is 0 Å². The maximum atomic E-state index is 12.4. The zero-order chi connectivity index (χ0) is 14.4. The van der Waals surface area contributed by atoms with E-state index in [0.717, 1.165) is 44.1 Å². The Labute approximate surface area is 121 Å². The molecule has 1 aromatic carbocycles. The van der Waals surface area contributed by atoms with Gasteiger partial charge in [0.05, 0.1) is 12.0 Å². The van der Waals surface area contributed by atoms with Crippen molar-refractivity contribution in [3.63, 3.8) is 0 Å². The van der Waals surface area contributed by atoms with Crippen molar-refractivity contribution in [2.75, 3.05) is 0 Å². The smallest absolute Gasteiger partial charge is 0.228 e. The first-order valence-electron chi connectivity index (χ1n) is 7.45. The minimum absolute atomic E-state index is 0.0420. The summed E-state index contributed by atoms with van der Waals surface area (Å²) in [6.07, 6.45) is 5.91. The predicted octanol–water partition coefficient (Wildman–Crippen LogP) is 3.52. The van der Waals surface area contributed by atoms with E-state index in [9.17, 15) is 10.1 Å². The molecule has 3 heteroatoms. The van der Waals surface area contributed by atoms with Gasteiger partial charge in [0.15, 0.2) is 0 Å². The van der Waals surface area contributed by atoms with Gasteiger partial charge in [-0.1, -0.05) is 56.0 Å². The van der Waals surface area contributed by atoms with Crippen molar-refractivity contribution in [3.8, 4) is 6.07 Å². The van der Waals surface area contributed by atoms with Crippen molar-refractivity contribution in [2.45, 2.75) is 56.9 Å². The second-order valence-electron chi connectivity index (χ2n) is 5.73. The number of nitrogens with one attached hydrogen (secondary N) is 1. The van der Waals surface area contributed by atoms with Gasteiger partial charge in [0, 0.05) is 0 Å². The highest BCUT2D eigenvalue weighted by Gasteiger charge is 2.33. The molecular formula is C17H22N2O. The normalized spacial score (nSPS) is 19.4. The van der Waals surface area contributed by atoms with Gasteiger partial charge in [0.1, 0.15) is 5.54 Å². The van der Waals surface area contributed by atoms with Crippen molar-refractivity contribution < 1.29 is 4.79 Å². The zero-order valence-electron chi connectivity index (χ0n) is 12.1. The van der Waals surface area contributed by atoms with E-state index >= 15 is 0 Å². The molecule has 0 aromatic heterocycles. The van der Waals surface area contributed by atoms with Crippen molar-refractivity contribution in [1.29, 1.82) is 5.26 Å². The molecule has 1 fully saturated rings. The highest BCUT2D eigenvalue weighted by atomic mass is 16.2. The Morgan fingerprint density at radius 3 is 2.35 bits per heavy atom. The molecular weight excluding hydrogens is 248 g/mol. The summed E-state index contributed by atoms with van der Waals surface area (Å²) >= 11 is 0. The summed E-state index contributed by atoms with van der Waals surface area (Å²) in [5, 5.41) is 12.5. The third-order valence-corrected chi connectivity index (χ3v) is 4.23. The first-order chi connectivity index (χ1) is 9.67. The molecule has 1 aromatic rings. The van der Waals surface area contributed by atoms with Gasteiger partial charge < -0.3 is 5.32 Å². The van der Waals surface area contributed by atoms with Crippen molar-refractivity contribution in [3.05, 3.63) is 35.9 Å². The van der Waals surface area contributed by atoms with Crippen LogP contribution in [-0.2, 0) is 4.79 Å². The Morgan fingerprint density at radius 2 is 1.80 bits per heavy atom. The van der Waals surface area contributed by atoms with Crippen LogP contribution in [0.5, 0.6) is 0 Å². The fourth-order valence-corrected chi connectivity index (χ4v) is 2.83. The number of benzene rings is 1. The standard InChI is InChI=1S/C17H22N2O/c1-14(15-9-5-4-6-10-15)16(20)19-17(13-18)11-7-2-3-8-12-17/h4-6,9-10,14H,2-3,7-8,11-12H2,1H3,(H,19,20). The van der Waals surface area contributed by atoms with Crippen LogP contribution in [0.15, 0.2) is 30.3 Å². The lowest BCUT2D eigenvalue weighted by Crippen LogP contribution is -2.48. The monoisotopic (exact) mass is 270 g/mol. The van der Waals surface area contributed by atoms with Crippen LogP contribution in [0.1, 0.15) is 56.9 Å². The average Bonchev–Trinajstić information content (AvgIpc) is 2.73. The van der Waals surface area contributed by atoms with Gasteiger partial charge in [0.2, 0.25) is 5.91 Å². The summed E-state index contributed by atoms with van der Waals surface area (Å²) in [6, 6.07) is 12.1. The molecule has 0 spiro atoms. The molecule has 1 saturated carbocycles. The van der Waals surface area contributed by atoms with Gasteiger partial charge in [-0.25, -0.2) is 0 Å². The number of rotatable bonds is 3. The molecule has 106 valence electrons. The van der Waals surface area contributed by atoms with E-state index in [1.54, 1.807) is 0 Å². The highest BCUT2D eigenvalue weighted by molar-refractivity contribution is 5.84. The van der Waals surface area contributed by atoms with E-state index in [-0.39, 0.29) is 11.8 Å². The van der Waals surface area contributed by atoms with Gasteiger partial charge in [-0.2, -0.15) is 5.26 Å². The van der Waals surface area contributed by atoms with Gasteiger partial charge in [-0.05, 0) is 25.3 Å². The lowest BCUT2D eigenvalue weighted by molar-refractivity contribution is -0.123. The van der Waals surface area contributed by atoms with Gasteiger partial charge in [-0.3, -0.25) is 4.79 Å². The molecule has 0 heterocycles. The second kappa shape index (κ2) is 6.56. The predicted molar refractivity (Wildman–Crippen MR) is 79.0 cm³/mol. The summed E-state index contributed by atoms with van der Waals surface area (Å²) in [5.41, 5.74) is 0.336. The lowest BCUT2D eigenvalue weighted by Gasteiger charge is -2.28. The topological polar surface area (TPSA) is 52.9 Å². The van der Waals surface area contributed by atoms with Crippen LogP contribution < -0.4 is 5.32 Å². The summed E-state index contributed by atoms with van der Waals surface area (Å²) in [6.45, 7) is 1.90. The molecule has 0 radical (unpaired) electrons. The molecule has 1 atom stereocenters. The number of hydrogen-bond donors (Lipinski definition) is 1. The van der Waals surface area contributed by atoms with Crippen LogP contribution in [-0.4, -0.2) is 11.4 Å². The molecule has 1 unspecified atom stereocenters. The second-order valence-corrected chi connectivity index (χ2v) is 5.73. The molecule has 1 aliphatic carbocycles. The fourth-order valence-electron chi connectivity index (χ4n) is 2.83. The lowest BCUT2D eigenvalue weighted by atomic mass is 9.90. The maximum absolute atomic E-state index is 12.4. The Morgan fingerprint density at radius 1 is 1.20 bits per heavy atom. The van der Waals surface area contributed by atoms with E-state index in [1.807, 2.05) is 37.3 Å². The van der Waals surface area contributed by atoms with Crippen molar-refractivity contribution in [2.24, 2.45) is 0 Å². The van der Waals surface area contributed by atoms with E-state index in [0.29, 0.717) is 0 Å². The molecule has 20 heavy (non-hydrogen) atoms. The summed E-state index contributed by atoms with van der Waals surface area (Å²) in [7, 11) is 0. The number of nitriles is 1. The SMILES string of the molecule is CC(C(=O)NC1(C#N)CCCCCC1)c1ccccc1. The Kier molecular flexibility index (Phi) is 4.79.